The Kier molecular flexibility index (Phi) is 4.90. The van der Waals surface area contributed by atoms with Gasteiger partial charge in [-0.2, -0.15) is 0 Å². The van der Waals surface area contributed by atoms with Crippen LogP contribution in [0.1, 0.15) is 41.3 Å². The molecule has 1 aromatic heterocycles. The minimum atomic E-state index is -0.565. The Labute approximate surface area is 118 Å². The van der Waals surface area contributed by atoms with Crippen LogP contribution in [0.15, 0.2) is 36.5 Å². The average molecular weight is 273 g/mol. The highest BCUT2D eigenvalue weighted by Gasteiger charge is 2.10. The second-order valence-electron chi connectivity index (χ2n) is 4.57. The Hall–Kier alpha value is -2.14. The van der Waals surface area contributed by atoms with E-state index in [4.69, 9.17) is 0 Å². The summed E-state index contributed by atoms with van der Waals surface area (Å²) in [6, 6.07) is 9.41. The Morgan fingerprint density at radius 2 is 2.15 bits per heavy atom. The molecular weight excluding hydrogens is 254 g/mol. The molecule has 106 valence electrons. The van der Waals surface area contributed by atoms with Crippen LogP contribution in [0.4, 0.5) is 0 Å². The fraction of sp³-hybridized carbons (Fsp3) is 0.333. The number of carbonyl (C=O) groups excluding carboxylic acids is 1. The van der Waals surface area contributed by atoms with Crippen LogP contribution in [0.5, 0.6) is 0 Å². The van der Waals surface area contributed by atoms with Crippen molar-refractivity contribution in [1.29, 1.82) is 0 Å². The summed E-state index contributed by atoms with van der Waals surface area (Å²) in [5.41, 5.74) is 1.31. The lowest BCUT2D eigenvalue weighted by Gasteiger charge is -2.11. The number of carbonyl (C=O) groups is 1. The predicted octanol–water partition coefficient (Wildman–Crippen LogP) is 1.83. The molecule has 1 atom stereocenters. The van der Waals surface area contributed by atoms with Crippen LogP contribution in [0, 0.1) is 0 Å². The van der Waals surface area contributed by atoms with E-state index in [1.54, 1.807) is 0 Å². The number of nitrogens with one attached hydrogen (secondary N) is 2. The van der Waals surface area contributed by atoms with Crippen molar-refractivity contribution in [1.82, 2.24) is 15.3 Å². The van der Waals surface area contributed by atoms with Crippen molar-refractivity contribution in [3.63, 3.8) is 0 Å². The lowest BCUT2D eigenvalue weighted by molar-refractivity contribution is 0.0938. The number of aromatic nitrogens is 2. The van der Waals surface area contributed by atoms with Crippen LogP contribution >= 0.6 is 0 Å². The van der Waals surface area contributed by atoms with Crippen molar-refractivity contribution in [2.75, 3.05) is 6.54 Å². The van der Waals surface area contributed by atoms with Crippen molar-refractivity contribution < 1.29 is 9.90 Å². The smallest absolute Gasteiger partial charge is 0.269 e. The van der Waals surface area contributed by atoms with E-state index in [1.165, 1.54) is 6.20 Å². The number of aliphatic hydroxyl groups is 1. The summed E-state index contributed by atoms with van der Waals surface area (Å²) >= 11 is 0. The van der Waals surface area contributed by atoms with E-state index >= 15 is 0 Å². The van der Waals surface area contributed by atoms with Gasteiger partial charge in [-0.15, -0.1) is 0 Å². The number of hydrogen-bond donors (Lipinski definition) is 3. The molecular formula is C15H19N3O2. The fourth-order valence-corrected chi connectivity index (χ4v) is 1.92. The highest BCUT2D eigenvalue weighted by molar-refractivity contribution is 5.92. The van der Waals surface area contributed by atoms with Gasteiger partial charge in [-0.25, -0.2) is 4.98 Å². The quantitative estimate of drug-likeness (QED) is 0.751. The number of benzene rings is 1. The first-order valence-electron chi connectivity index (χ1n) is 6.75. The highest BCUT2D eigenvalue weighted by atomic mass is 16.3. The molecule has 1 aromatic carbocycles. The second kappa shape index (κ2) is 6.86. The number of hydrogen-bond acceptors (Lipinski definition) is 3. The number of nitrogens with zero attached hydrogens (tertiary/aromatic N) is 1. The summed E-state index contributed by atoms with van der Waals surface area (Å²) in [5, 5.41) is 12.7. The largest absolute Gasteiger partial charge is 0.388 e. The number of aromatic amines is 1. The van der Waals surface area contributed by atoms with Gasteiger partial charge in [0.05, 0.1) is 12.3 Å². The molecule has 0 aliphatic carbocycles. The lowest BCUT2D eigenvalue weighted by atomic mass is 10.1. The summed E-state index contributed by atoms with van der Waals surface area (Å²) in [6.45, 7) is 2.38. The molecule has 0 aliphatic heterocycles. The summed E-state index contributed by atoms with van der Waals surface area (Å²) < 4.78 is 0. The minimum Gasteiger partial charge on any atom is -0.388 e. The summed E-state index contributed by atoms with van der Waals surface area (Å²) in [4.78, 5) is 18.9. The Morgan fingerprint density at radius 1 is 1.40 bits per heavy atom. The third-order valence-electron chi connectivity index (χ3n) is 3.10. The minimum absolute atomic E-state index is 0.197. The van der Waals surface area contributed by atoms with Crippen LogP contribution in [-0.4, -0.2) is 27.5 Å². The molecule has 1 amide bonds. The molecule has 5 nitrogen and oxygen atoms in total. The molecule has 20 heavy (non-hydrogen) atoms. The Bertz CT molecular complexity index is 551. The first kappa shape index (κ1) is 14.3. The van der Waals surface area contributed by atoms with Gasteiger partial charge >= 0.3 is 0 Å². The van der Waals surface area contributed by atoms with E-state index in [9.17, 15) is 9.90 Å². The van der Waals surface area contributed by atoms with E-state index < -0.39 is 6.10 Å². The normalized spacial score (nSPS) is 12.1. The van der Waals surface area contributed by atoms with Crippen LogP contribution in [-0.2, 0) is 6.42 Å². The number of aryl methyl sites for hydroxylation is 1. The summed E-state index contributed by atoms with van der Waals surface area (Å²) in [7, 11) is 0. The predicted molar refractivity (Wildman–Crippen MR) is 76.3 cm³/mol. The van der Waals surface area contributed by atoms with Gasteiger partial charge in [0.2, 0.25) is 0 Å². The molecule has 0 saturated heterocycles. The molecule has 1 heterocycles. The number of aliphatic hydroxyl groups excluding tert-OH is 1. The van der Waals surface area contributed by atoms with Crippen LogP contribution in [0.25, 0.3) is 0 Å². The number of amides is 1. The molecule has 0 fully saturated rings. The van der Waals surface area contributed by atoms with Gasteiger partial charge in [0.15, 0.2) is 0 Å². The lowest BCUT2D eigenvalue weighted by Crippen LogP contribution is -2.26. The first-order chi connectivity index (χ1) is 9.70. The maximum absolute atomic E-state index is 11.8. The van der Waals surface area contributed by atoms with Crippen LogP contribution < -0.4 is 5.32 Å². The zero-order chi connectivity index (χ0) is 14.4. The zero-order valence-electron chi connectivity index (χ0n) is 11.5. The summed E-state index contributed by atoms with van der Waals surface area (Å²) in [6.07, 6.45) is 2.20. The molecule has 0 spiro atoms. The third-order valence-corrected chi connectivity index (χ3v) is 3.10. The van der Waals surface area contributed by atoms with Crippen LogP contribution in [0.3, 0.4) is 0 Å². The molecule has 1 unspecified atom stereocenters. The van der Waals surface area contributed by atoms with E-state index in [0.29, 0.717) is 18.7 Å². The van der Waals surface area contributed by atoms with E-state index in [2.05, 4.69) is 15.3 Å². The van der Waals surface area contributed by atoms with Gasteiger partial charge in [-0.3, -0.25) is 4.79 Å². The van der Waals surface area contributed by atoms with Gasteiger partial charge in [0.25, 0.3) is 5.91 Å². The average Bonchev–Trinajstić information content (AvgIpc) is 2.97. The maximum atomic E-state index is 11.8. The van der Waals surface area contributed by atoms with Crippen molar-refractivity contribution >= 4 is 5.91 Å². The molecule has 0 saturated carbocycles. The third kappa shape index (κ3) is 3.68. The van der Waals surface area contributed by atoms with Crippen molar-refractivity contribution in [2.24, 2.45) is 0 Å². The molecule has 2 aromatic rings. The second-order valence-corrected chi connectivity index (χ2v) is 4.57. The first-order valence-corrected chi connectivity index (χ1v) is 6.75. The molecule has 0 radical (unpaired) electrons. The summed E-state index contributed by atoms with van der Waals surface area (Å²) in [5.74, 6) is 0.594. The number of rotatable bonds is 6. The van der Waals surface area contributed by atoms with Crippen molar-refractivity contribution in [2.45, 2.75) is 25.9 Å². The van der Waals surface area contributed by atoms with E-state index in [1.807, 2.05) is 37.3 Å². The highest BCUT2D eigenvalue weighted by Crippen LogP contribution is 2.14. The molecule has 0 aliphatic rings. The Balaban J connectivity index is 1.79. The molecule has 0 bridgehead atoms. The van der Waals surface area contributed by atoms with Crippen molar-refractivity contribution in [3.8, 4) is 0 Å². The van der Waals surface area contributed by atoms with Gasteiger partial charge in [-0.1, -0.05) is 37.3 Å². The zero-order valence-corrected chi connectivity index (χ0v) is 11.5. The standard InChI is InChI=1S/C15H19N3O2/c1-2-14-17-10-12(18-14)15(20)16-9-8-13(19)11-6-4-3-5-7-11/h3-7,10,13,19H,2,8-9H2,1H3,(H,16,20)(H,17,18). The molecule has 2 rings (SSSR count). The van der Waals surface area contributed by atoms with Gasteiger partial charge in [0.1, 0.15) is 11.5 Å². The van der Waals surface area contributed by atoms with Gasteiger partial charge in [0, 0.05) is 13.0 Å². The van der Waals surface area contributed by atoms with E-state index in [0.717, 1.165) is 17.8 Å². The molecule has 5 heteroatoms. The fourth-order valence-electron chi connectivity index (χ4n) is 1.92. The van der Waals surface area contributed by atoms with Crippen molar-refractivity contribution in [3.05, 3.63) is 53.6 Å². The topological polar surface area (TPSA) is 78.0 Å². The van der Waals surface area contributed by atoms with Crippen LogP contribution in [0.2, 0.25) is 0 Å². The Morgan fingerprint density at radius 3 is 2.80 bits per heavy atom. The number of imidazole rings is 1. The van der Waals surface area contributed by atoms with E-state index in [-0.39, 0.29) is 5.91 Å². The monoisotopic (exact) mass is 273 g/mol. The maximum Gasteiger partial charge on any atom is 0.269 e. The van der Waals surface area contributed by atoms with Gasteiger partial charge < -0.3 is 15.4 Å². The number of H-pyrrole nitrogens is 1. The SMILES string of the molecule is CCc1ncc(C(=O)NCCC(O)c2ccccc2)[nH]1. The van der Waals surface area contributed by atoms with Gasteiger partial charge in [-0.05, 0) is 12.0 Å². The molecule has 3 N–H and O–H groups in total.